The highest BCUT2D eigenvalue weighted by molar-refractivity contribution is 5.92. The third kappa shape index (κ3) is 6.32. The Bertz CT molecular complexity index is 1630. The Balaban J connectivity index is 1.70. The van der Waals surface area contributed by atoms with Crippen molar-refractivity contribution in [2.45, 2.75) is 57.9 Å². The first kappa shape index (κ1) is 30.0. The molecule has 0 saturated heterocycles. The molecule has 2 N–H and O–H groups in total. The number of fused-ring (bicyclic) bond motifs is 1. The predicted molar refractivity (Wildman–Crippen MR) is 156 cm³/mol. The number of benzene rings is 2. The number of carboxylic acid groups (broad SMARTS) is 1. The van der Waals surface area contributed by atoms with Crippen LogP contribution in [0, 0.1) is 11.7 Å². The number of nitrogens with one attached hydrogen (secondary N) is 1. The minimum Gasteiger partial charge on any atom is -0.475 e. The van der Waals surface area contributed by atoms with Crippen LogP contribution in [0.15, 0.2) is 61.2 Å². The van der Waals surface area contributed by atoms with E-state index in [-0.39, 0.29) is 30.6 Å². The zero-order valence-corrected chi connectivity index (χ0v) is 23.8. The van der Waals surface area contributed by atoms with Crippen LogP contribution < -0.4 is 10.2 Å². The summed E-state index contributed by atoms with van der Waals surface area (Å²) >= 11 is 0. The molecule has 1 aliphatic rings. The second kappa shape index (κ2) is 12.0. The molecule has 2 heterocycles. The number of rotatable bonds is 11. The zero-order chi connectivity index (χ0) is 30.9. The summed E-state index contributed by atoms with van der Waals surface area (Å²) in [6, 6.07) is 10.5. The van der Waals surface area contributed by atoms with Crippen molar-refractivity contribution >= 4 is 28.9 Å². The molecular weight excluding hydrogens is 564 g/mol. The molecule has 4 aromatic rings. The zero-order valence-electron chi connectivity index (χ0n) is 23.8. The topological polar surface area (TPSA) is 96.2 Å². The lowest BCUT2D eigenvalue weighted by Gasteiger charge is -2.32. The number of aromatic carboxylic acids is 1. The fourth-order valence-electron chi connectivity index (χ4n) is 5.34. The summed E-state index contributed by atoms with van der Waals surface area (Å²) in [5, 5.41) is 13.2. The van der Waals surface area contributed by atoms with Gasteiger partial charge in [0.25, 0.3) is 0 Å². The van der Waals surface area contributed by atoms with Crippen molar-refractivity contribution in [1.29, 1.82) is 0 Å². The SMILES string of the molecule is C=CCN(c1nc2nc(C(=O)O)nc(N[C@H](C)C3CCC3)c2n1Cc1ccc(C(F)(F)F)cc1)[C@@H](C)c1cccc(F)c1. The quantitative estimate of drug-likeness (QED) is 0.141. The molecule has 2 aromatic heterocycles. The molecule has 0 spiro atoms. The molecule has 0 radical (unpaired) electrons. The molecule has 2 aromatic carbocycles. The summed E-state index contributed by atoms with van der Waals surface area (Å²) in [6.45, 7) is 8.10. The van der Waals surface area contributed by atoms with Gasteiger partial charge in [-0.25, -0.2) is 19.2 Å². The first-order chi connectivity index (χ1) is 20.5. The third-order valence-electron chi connectivity index (χ3n) is 8.00. The Morgan fingerprint density at radius 3 is 2.47 bits per heavy atom. The van der Waals surface area contributed by atoms with E-state index in [4.69, 9.17) is 4.98 Å². The lowest BCUT2D eigenvalue weighted by Crippen LogP contribution is -2.32. The number of aromatic nitrogens is 4. The highest BCUT2D eigenvalue weighted by Crippen LogP contribution is 2.36. The van der Waals surface area contributed by atoms with Crippen LogP contribution in [-0.2, 0) is 12.7 Å². The number of hydrogen-bond donors (Lipinski definition) is 2. The Hall–Kier alpha value is -4.48. The number of imidazole rings is 1. The first-order valence-electron chi connectivity index (χ1n) is 14.0. The molecule has 0 aliphatic heterocycles. The van der Waals surface area contributed by atoms with E-state index >= 15 is 0 Å². The standard InChI is InChI=1S/C31H32F4N6O2/c1-4-15-40(19(3)22-9-6-10-24(32)16-22)30-39-27-25(41(30)17-20-11-13-23(14-12-20)31(33,34)35)26(37-28(38-27)29(42)43)36-18(2)21-7-5-8-21/h4,6,9-14,16,18-19,21H,1,5,7-8,15,17H2,2-3H3,(H,42,43)(H,36,37,38)/t18-,19+/m1/s1. The van der Waals surface area contributed by atoms with Gasteiger partial charge in [0, 0.05) is 12.6 Å². The number of anilines is 2. The molecule has 12 heteroatoms. The van der Waals surface area contributed by atoms with Gasteiger partial charge in [0.15, 0.2) is 11.5 Å². The second-order valence-corrected chi connectivity index (χ2v) is 10.9. The maximum Gasteiger partial charge on any atom is 0.416 e. The van der Waals surface area contributed by atoms with Crippen LogP contribution in [-0.4, -0.2) is 43.2 Å². The van der Waals surface area contributed by atoms with E-state index < -0.39 is 35.4 Å². The Morgan fingerprint density at radius 2 is 1.88 bits per heavy atom. The Kier molecular flexibility index (Phi) is 8.38. The molecule has 43 heavy (non-hydrogen) atoms. The van der Waals surface area contributed by atoms with Gasteiger partial charge in [-0.05, 0) is 68.0 Å². The van der Waals surface area contributed by atoms with Gasteiger partial charge in [-0.1, -0.05) is 36.8 Å². The van der Waals surface area contributed by atoms with Gasteiger partial charge in [-0.2, -0.15) is 18.2 Å². The predicted octanol–water partition coefficient (Wildman–Crippen LogP) is 7.08. The number of carboxylic acids is 1. The van der Waals surface area contributed by atoms with E-state index in [0.717, 1.165) is 31.4 Å². The fourth-order valence-corrected chi connectivity index (χ4v) is 5.34. The van der Waals surface area contributed by atoms with Gasteiger partial charge in [0.2, 0.25) is 11.8 Å². The van der Waals surface area contributed by atoms with Crippen LogP contribution in [0.4, 0.5) is 29.3 Å². The molecule has 5 rings (SSSR count). The molecule has 226 valence electrons. The van der Waals surface area contributed by atoms with Crippen molar-refractivity contribution < 1.29 is 27.5 Å². The normalized spacial score (nSPS) is 15.1. The van der Waals surface area contributed by atoms with E-state index in [1.54, 1.807) is 22.8 Å². The number of halogens is 4. The largest absolute Gasteiger partial charge is 0.475 e. The van der Waals surface area contributed by atoms with Crippen molar-refractivity contribution in [1.82, 2.24) is 19.5 Å². The Labute approximate surface area is 246 Å². The summed E-state index contributed by atoms with van der Waals surface area (Å²) in [5.41, 5.74) is 0.950. The molecule has 0 unspecified atom stereocenters. The maximum atomic E-state index is 14.2. The number of nitrogens with zero attached hydrogens (tertiary/aromatic N) is 5. The number of carbonyl (C=O) groups is 1. The van der Waals surface area contributed by atoms with Crippen LogP contribution >= 0.6 is 0 Å². The van der Waals surface area contributed by atoms with E-state index in [9.17, 15) is 27.5 Å². The van der Waals surface area contributed by atoms with Gasteiger partial charge in [-0.15, -0.1) is 6.58 Å². The third-order valence-corrected chi connectivity index (χ3v) is 8.00. The van der Waals surface area contributed by atoms with Gasteiger partial charge in [0.05, 0.1) is 18.2 Å². The van der Waals surface area contributed by atoms with Crippen LogP contribution in [0.2, 0.25) is 0 Å². The number of alkyl halides is 3. The van der Waals surface area contributed by atoms with E-state index in [1.165, 1.54) is 24.3 Å². The van der Waals surface area contributed by atoms with Crippen LogP contribution in [0.5, 0.6) is 0 Å². The van der Waals surface area contributed by atoms with E-state index in [1.807, 2.05) is 18.7 Å². The molecule has 2 atom stereocenters. The van der Waals surface area contributed by atoms with Crippen molar-refractivity contribution in [3.05, 3.63) is 89.5 Å². The maximum absolute atomic E-state index is 14.2. The Morgan fingerprint density at radius 1 is 1.16 bits per heavy atom. The second-order valence-electron chi connectivity index (χ2n) is 10.9. The van der Waals surface area contributed by atoms with E-state index in [2.05, 4.69) is 21.9 Å². The number of hydrogen-bond acceptors (Lipinski definition) is 6. The molecule has 0 amide bonds. The van der Waals surface area contributed by atoms with Crippen LogP contribution in [0.1, 0.15) is 66.5 Å². The average molecular weight is 597 g/mol. The molecule has 0 bridgehead atoms. The van der Waals surface area contributed by atoms with Crippen LogP contribution in [0.25, 0.3) is 11.2 Å². The molecule has 8 nitrogen and oxygen atoms in total. The highest BCUT2D eigenvalue weighted by Gasteiger charge is 2.31. The summed E-state index contributed by atoms with van der Waals surface area (Å²) in [6.07, 6.45) is 0.345. The van der Waals surface area contributed by atoms with Gasteiger partial charge in [-0.3, -0.25) is 0 Å². The minimum absolute atomic E-state index is 0.0261. The van der Waals surface area contributed by atoms with Crippen molar-refractivity contribution in [3.8, 4) is 0 Å². The van der Waals surface area contributed by atoms with Gasteiger partial charge in [0.1, 0.15) is 11.3 Å². The smallest absolute Gasteiger partial charge is 0.416 e. The van der Waals surface area contributed by atoms with Crippen molar-refractivity contribution in [2.75, 3.05) is 16.8 Å². The lowest BCUT2D eigenvalue weighted by atomic mass is 9.80. The molecule has 1 saturated carbocycles. The summed E-state index contributed by atoms with van der Waals surface area (Å²) in [5.74, 6) is -1.16. The fraction of sp³-hybridized carbons (Fsp3) is 0.355. The molecule has 1 aliphatic carbocycles. The first-order valence-corrected chi connectivity index (χ1v) is 14.0. The molecule has 1 fully saturated rings. The summed E-state index contributed by atoms with van der Waals surface area (Å²) < 4.78 is 55.8. The monoisotopic (exact) mass is 596 g/mol. The van der Waals surface area contributed by atoms with Crippen molar-refractivity contribution in [3.63, 3.8) is 0 Å². The average Bonchev–Trinajstić information content (AvgIpc) is 3.28. The van der Waals surface area contributed by atoms with Gasteiger partial charge < -0.3 is 19.9 Å². The van der Waals surface area contributed by atoms with Gasteiger partial charge >= 0.3 is 12.1 Å². The highest BCUT2D eigenvalue weighted by atomic mass is 19.4. The van der Waals surface area contributed by atoms with Crippen LogP contribution in [0.3, 0.4) is 0 Å². The van der Waals surface area contributed by atoms with E-state index in [0.29, 0.717) is 28.5 Å². The minimum atomic E-state index is -4.48. The van der Waals surface area contributed by atoms with Crippen molar-refractivity contribution in [2.24, 2.45) is 5.92 Å². The summed E-state index contributed by atoms with van der Waals surface area (Å²) in [4.78, 5) is 27.2. The lowest BCUT2D eigenvalue weighted by molar-refractivity contribution is -0.137. The molecular formula is C31H32F4N6O2. The summed E-state index contributed by atoms with van der Waals surface area (Å²) in [7, 11) is 0.